The van der Waals surface area contributed by atoms with Crippen LogP contribution in [0.2, 0.25) is 0 Å². The number of nitrogens with zero attached hydrogens (tertiary/aromatic N) is 5. The van der Waals surface area contributed by atoms with E-state index in [1.165, 1.54) is 11.0 Å². The number of urea groups is 1. The molecule has 0 spiro atoms. The predicted molar refractivity (Wildman–Crippen MR) is 130 cm³/mol. The quantitative estimate of drug-likeness (QED) is 0.254. The minimum absolute atomic E-state index is 0.0784. The molecule has 1 aromatic heterocycles. The number of ketones is 1. The maximum absolute atomic E-state index is 13.3. The number of tetrazole rings is 1. The number of benzene rings is 2. The van der Waals surface area contributed by atoms with Crippen LogP contribution < -0.4 is 10.6 Å². The first-order chi connectivity index (χ1) is 17.3. The van der Waals surface area contributed by atoms with Crippen molar-refractivity contribution in [1.82, 2.24) is 30.4 Å². The first-order valence-corrected chi connectivity index (χ1v) is 11.7. The zero-order chi connectivity index (χ0) is 25.7. The third kappa shape index (κ3) is 5.14. The van der Waals surface area contributed by atoms with Gasteiger partial charge in [-0.3, -0.25) is 19.3 Å². The van der Waals surface area contributed by atoms with Crippen molar-refractivity contribution >= 4 is 29.3 Å². The van der Waals surface area contributed by atoms with Crippen molar-refractivity contribution in [1.29, 1.82) is 0 Å². The molecule has 4 rings (SSSR count). The van der Waals surface area contributed by atoms with Crippen molar-refractivity contribution in [2.75, 3.05) is 11.9 Å². The highest BCUT2D eigenvalue weighted by Gasteiger charge is 2.49. The van der Waals surface area contributed by atoms with Gasteiger partial charge in [0.1, 0.15) is 11.9 Å². The molecule has 1 aliphatic rings. The van der Waals surface area contributed by atoms with E-state index in [1.807, 2.05) is 0 Å². The first-order valence-electron chi connectivity index (χ1n) is 11.7. The number of carbonyl (C=O) groups is 4. The fourth-order valence-corrected chi connectivity index (χ4v) is 4.01. The molecule has 1 aliphatic heterocycles. The van der Waals surface area contributed by atoms with E-state index in [0.29, 0.717) is 28.9 Å². The number of carbonyl (C=O) groups excluding carboxylic acids is 4. The van der Waals surface area contributed by atoms with E-state index in [-0.39, 0.29) is 5.91 Å². The van der Waals surface area contributed by atoms with Gasteiger partial charge in [0.05, 0.1) is 12.2 Å². The highest BCUT2D eigenvalue weighted by atomic mass is 16.2. The Hall–Kier alpha value is -4.41. The van der Waals surface area contributed by atoms with Gasteiger partial charge < -0.3 is 10.6 Å². The lowest BCUT2D eigenvalue weighted by Gasteiger charge is -2.22. The van der Waals surface area contributed by atoms with Gasteiger partial charge in [-0.15, -0.1) is 5.10 Å². The number of aromatic nitrogens is 4. The Labute approximate surface area is 207 Å². The number of rotatable bonds is 10. The van der Waals surface area contributed by atoms with E-state index in [4.69, 9.17) is 0 Å². The molecule has 11 heteroatoms. The van der Waals surface area contributed by atoms with Crippen LogP contribution in [0, 0.1) is 0 Å². The fraction of sp³-hybridized carbons (Fsp3) is 0.320. The molecule has 2 heterocycles. The SMILES string of the molecule is CCCCCC(=O)Nc1ccc(C(=O)CN2C(=O)N[C@@](C)(c3cccc(-n4cnnn4)c3)C2=O)cc1. The van der Waals surface area contributed by atoms with Crippen LogP contribution in [-0.4, -0.2) is 55.3 Å². The Balaban J connectivity index is 1.43. The number of imide groups is 1. The van der Waals surface area contributed by atoms with Crippen LogP contribution in [0.3, 0.4) is 0 Å². The van der Waals surface area contributed by atoms with Crippen molar-refractivity contribution < 1.29 is 19.2 Å². The number of amides is 4. The van der Waals surface area contributed by atoms with Crippen LogP contribution in [0.4, 0.5) is 10.5 Å². The van der Waals surface area contributed by atoms with E-state index < -0.39 is 29.8 Å². The molecule has 186 valence electrons. The Morgan fingerprint density at radius 2 is 1.86 bits per heavy atom. The van der Waals surface area contributed by atoms with E-state index in [9.17, 15) is 19.2 Å². The lowest BCUT2D eigenvalue weighted by molar-refractivity contribution is -0.130. The molecular formula is C25H27N7O4. The van der Waals surface area contributed by atoms with Crippen LogP contribution >= 0.6 is 0 Å². The number of hydrogen-bond donors (Lipinski definition) is 2. The third-order valence-corrected chi connectivity index (χ3v) is 6.11. The number of unbranched alkanes of at least 4 members (excludes halogenated alkanes) is 2. The van der Waals surface area contributed by atoms with Crippen molar-refractivity contribution in [3.8, 4) is 5.69 Å². The van der Waals surface area contributed by atoms with Crippen LogP contribution in [0.1, 0.15) is 55.5 Å². The average molecular weight is 490 g/mol. The van der Waals surface area contributed by atoms with E-state index in [0.717, 1.165) is 24.2 Å². The standard InChI is InChI=1S/C25H27N7O4/c1-3-4-5-9-22(34)27-19-12-10-17(11-13-19)21(33)15-31-23(35)25(2,28-24(31)36)18-7-6-8-20(14-18)32-16-26-29-30-32/h6-8,10-14,16H,3-5,9,15H2,1-2H3,(H,27,34)(H,28,36)/t25-/m0/s1. The molecule has 0 saturated carbocycles. The number of nitrogens with one attached hydrogen (secondary N) is 2. The summed E-state index contributed by atoms with van der Waals surface area (Å²) < 4.78 is 1.44. The number of anilines is 1. The molecule has 11 nitrogen and oxygen atoms in total. The van der Waals surface area contributed by atoms with Crippen molar-refractivity contribution in [2.24, 2.45) is 0 Å². The molecule has 1 atom stereocenters. The molecule has 3 aromatic rings. The molecule has 2 aromatic carbocycles. The summed E-state index contributed by atoms with van der Waals surface area (Å²) in [5.41, 5.74) is 0.704. The molecule has 1 saturated heterocycles. The second kappa shape index (κ2) is 10.5. The Bertz CT molecular complexity index is 1270. The Morgan fingerprint density at radius 3 is 2.56 bits per heavy atom. The molecule has 0 radical (unpaired) electrons. The van der Waals surface area contributed by atoms with Crippen LogP contribution in [0.25, 0.3) is 5.69 Å². The molecule has 2 N–H and O–H groups in total. The first kappa shape index (κ1) is 24.7. The molecule has 4 amide bonds. The van der Waals surface area contributed by atoms with Gasteiger partial charge in [-0.2, -0.15) is 0 Å². The highest BCUT2D eigenvalue weighted by molar-refractivity contribution is 6.11. The molecule has 0 aliphatic carbocycles. The maximum Gasteiger partial charge on any atom is 0.325 e. The smallest absolute Gasteiger partial charge is 0.325 e. The lowest BCUT2D eigenvalue weighted by Crippen LogP contribution is -2.41. The normalized spacial score (nSPS) is 17.2. The second-order valence-electron chi connectivity index (χ2n) is 8.76. The van der Waals surface area contributed by atoms with Gasteiger partial charge >= 0.3 is 6.03 Å². The van der Waals surface area contributed by atoms with E-state index in [2.05, 4.69) is 33.1 Å². The van der Waals surface area contributed by atoms with Crippen LogP contribution in [-0.2, 0) is 15.1 Å². The largest absolute Gasteiger partial charge is 0.326 e. The van der Waals surface area contributed by atoms with Gasteiger partial charge in [-0.05, 0) is 65.7 Å². The van der Waals surface area contributed by atoms with Gasteiger partial charge in [0, 0.05) is 17.7 Å². The summed E-state index contributed by atoms with van der Waals surface area (Å²) >= 11 is 0. The zero-order valence-electron chi connectivity index (χ0n) is 20.1. The third-order valence-electron chi connectivity index (χ3n) is 6.11. The summed E-state index contributed by atoms with van der Waals surface area (Å²) in [6.45, 7) is 3.26. The van der Waals surface area contributed by atoms with Gasteiger partial charge in [0.2, 0.25) is 5.91 Å². The summed E-state index contributed by atoms with van der Waals surface area (Å²) in [4.78, 5) is 51.8. The maximum atomic E-state index is 13.3. The molecule has 36 heavy (non-hydrogen) atoms. The second-order valence-corrected chi connectivity index (χ2v) is 8.76. The van der Waals surface area contributed by atoms with Gasteiger partial charge in [0.25, 0.3) is 5.91 Å². The van der Waals surface area contributed by atoms with Gasteiger partial charge in [0.15, 0.2) is 5.78 Å². The average Bonchev–Trinajstić information content (AvgIpc) is 3.49. The molecule has 0 unspecified atom stereocenters. The summed E-state index contributed by atoms with van der Waals surface area (Å²) in [6, 6.07) is 12.7. The Morgan fingerprint density at radius 1 is 1.08 bits per heavy atom. The van der Waals surface area contributed by atoms with Crippen LogP contribution in [0.15, 0.2) is 54.9 Å². The van der Waals surface area contributed by atoms with Gasteiger partial charge in [-0.1, -0.05) is 31.9 Å². The van der Waals surface area contributed by atoms with Gasteiger partial charge in [-0.25, -0.2) is 9.48 Å². The van der Waals surface area contributed by atoms with Crippen molar-refractivity contribution in [3.05, 3.63) is 66.0 Å². The summed E-state index contributed by atoms with van der Waals surface area (Å²) in [5, 5.41) is 16.6. The number of Topliss-reactive ketones (excluding diaryl/α,β-unsaturated/α-hetero) is 1. The minimum Gasteiger partial charge on any atom is -0.326 e. The van der Waals surface area contributed by atoms with Crippen molar-refractivity contribution in [3.63, 3.8) is 0 Å². The summed E-state index contributed by atoms with van der Waals surface area (Å²) in [5.74, 6) is -1.01. The molecule has 0 bridgehead atoms. The fourth-order valence-electron chi connectivity index (χ4n) is 4.01. The monoisotopic (exact) mass is 489 g/mol. The highest BCUT2D eigenvalue weighted by Crippen LogP contribution is 2.30. The van der Waals surface area contributed by atoms with Crippen molar-refractivity contribution in [2.45, 2.75) is 45.1 Å². The zero-order valence-corrected chi connectivity index (χ0v) is 20.1. The Kier molecular flexibility index (Phi) is 7.18. The van der Waals surface area contributed by atoms with E-state index >= 15 is 0 Å². The lowest BCUT2D eigenvalue weighted by atomic mass is 9.91. The molecular weight excluding hydrogens is 462 g/mol. The molecule has 1 fully saturated rings. The minimum atomic E-state index is -1.35. The summed E-state index contributed by atoms with van der Waals surface area (Å²) in [7, 11) is 0. The predicted octanol–water partition coefficient (Wildman–Crippen LogP) is 2.83. The summed E-state index contributed by atoms with van der Waals surface area (Å²) in [6.07, 6.45) is 4.72. The topological polar surface area (TPSA) is 139 Å². The van der Waals surface area contributed by atoms with Crippen LogP contribution in [0.5, 0.6) is 0 Å². The van der Waals surface area contributed by atoms with E-state index in [1.54, 1.807) is 55.5 Å². The number of hydrogen-bond acceptors (Lipinski definition) is 7.